The molecule has 0 bridgehead atoms. The van der Waals surface area contributed by atoms with Gasteiger partial charge in [0.25, 0.3) is 5.91 Å². The van der Waals surface area contributed by atoms with Crippen LogP contribution < -0.4 is 0 Å². The van der Waals surface area contributed by atoms with Crippen molar-refractivity contribution in [3.8, 4) is 0 Å². The molecule has 88 valence electrons. The molecule has 0 unspecified atom stereocenters. The largest absolute Gasteiger partial charge is 0.272 e. The Labute approximate surface area is 99.6 Å². The van der Waals surface area contributed by atoms with Crippen LogP contribution in [-0.4, -0.2) is 20.9 Å². The van der Waals surface area contributed by atoms with Crippen LogP contribution in [0.3, 0.4) is 0 Å². The van der Waals surface area contributed by atoms with Crippen LogP contribution in [0.2, 0.25) is 0 Å². The first kappa shape index (κ1) is 10.4. The van der Waals surface area contributed by atoms with Gasteiger partial charge in [0, 0.05) is 5.92 Å². The highest BCUT2D eigenvalue weighted by molar-refractivity contribution is 5.90. The molecule has 1 heterocycles. The van der Waals surface area contributed by atoms with Gasteiger partial charge < -0.3 is 0 Å². The second-order valence-corrected chi connectivity index (χ2v) is 4.66. The Balaban J connectivity index is 1.95. The molecule has 1 fully saturated rings. The fourth-order valence-corrected chi connectivity index (χ4v) is 2.55. The Kier molecular flexibility index (Phi) is 2.63. The lowest BCUT2D eigenvalue weighted by atomic mass is 9.89. The summed E-state index contributed by atoms with van der Waals surface area (Å²) in [6.07, 6.45) is 5.55. The van der Waals surface area contributed by atoms with Crippen molar-refractivity contribution in [1.29, 1.82) is 0 Å². The van der Waals surface area contributed by atoms with Crippen LogP contribution in [0.25, 0.3) is 11.0 Å². The van der Waals surface area contributed by atoms with E-state index in [2.05, 4.69) is 10.3 Å². The van der Waals surface area contributed by atoms with E-state index in [4.69, 9.17) is 0 Å². The van der Waals surface area contributed by atoms with Crippen LogP contribution in [0, 0.1) is 5.92 Å². The van der Waals surface area contributed by atoms with E-state index in [9.17, 15) is 4.79 Å². The molecule has 4 nitrogen and oxygen atoms in total. The molecule has 0 saturated heterocycles. The normalized spacial score (nSPS) is 17.4. The van der Waals surface area contributed by atoms with Crippen molar-refractivity contribution in [3.63, 3.8) is 0 Å². The maximum Gasteiger partial charge on any atom is 0.251 e. The van der Waals surface area contributed by atoms with Gasteiger partial charge in [-0.2, -0.15) is 4.68 Å². The number of para-hydroxylation sites is 1. The molecule has 2 aromatic rings. The number of fused-ring (bicyclic) bond motifs is 1. The molecule has 4 heteroatoms. The zero-order chi connectivity index (χ0) is 11.7. The highest BCUT2D eigenvalue weighted by Gasteiger charge is 2.24. The minimum atomic E-state index is 0.110. The quantitative estimate of drug-likeness (QED) is 0.755. The lowest BCUT2D eigenvalue weighted by molar-refractivity contribution is 0.0788. The van der Waals surface area contributed by atoms with Crippen molar-refractivity contribution >= 4 is 16.9 Å². The van der Waals surface area contributed by atoms with Crippen LogP contribution in [-0.2, 0) is 0 Å². The third-order valence-electron chi connectivity index (χ3n) is 3.51. The summed E-state index contributed by atoms with van der Waals surface area (Å²) < 4.78 is 1.48. The summed E-state index contributed by atoms with van der Waals surface area (Å²) in [5.41, 5.74) is 1.61. The van der Waals surface area contributed by atoms with E-state index in [-0.39, 0.29) is 11.8 Å². The van der Waals surface area contributed by atoms with Crippen molar-refractivity contribution in [2.24, 2.45) is 5.92 Å². The number of aromatic nitrogens is 3. The van der Waals surface area contributed by atoms with E-state index in [1.54, 1.807) is 0 Å². The van der Waals surface area contributed by atoms with E-state index < -0.39 is 0 Å². The van der Waals surface area contributed by atoms with Gasteiger partial charge in [-0.15, -0.1) is 5.10 Å². The third kappa shape index (κ3) is 1.84. The fourth-order valence-electron chi connectivity index (χ4n) is 2.55. The molecule has 0 aliphatic heterocycles. The Hall–Kier alpha value is -1.71. The molecule has 0 radical (unpaired) electrons. The highest BCUT2D eigenvalue weighted by Crippen LogP contribution is 2.25. The van der Waals surface area contributed by atoms with Crippen molar-refractivity contribution in [1.82, 2.24) is 15.0 Å². The summed E-state index contributed by atoms with van der Waals surface area (Å²) in [6.45, 7) is 0. The smallest absolute Gasteiger partial charge is 0.251 e. The summed E-state index contributed by atoms with van der Waals surface area (Å²) >= 11 is 0. The maximum atomic E-state index is 12.3. The second kappa shape index (κ2) is 4.28. The lowest BCUT2D eigenvalue weighted by Crippen LogP contribution is -2.24. The Bertz CT molecular complexity index is 540. The van der Waals surface area contributed by atoms with E-state index in [0.717, 1.165) is 36.7 Å². The third-order valence-corrected chi connectivity index (χ3v) is 3.51. The van der Waals surface area contributed by atoms with Gasteiger partial charge in [-0.05, 0) is 25.0 Å². The summed E-state index contributed by atoms with van der Waals surface area (Å²) in [5.74, 6) is 0.243. The zero-order valence-corrected chi connectivity index (χ0v) is 9.67. The number of carbonyl (C=O) groups excluding carboxylic acids is 1. The van der Waals surface area contributed by atoms with Crippen LogP contribution in [0.4, 0.5) is 0 Å². The Morgan fingerprint density at radius 1 is 1.18 bits per heavy atom. The molecular formula is C13H15N3O. The molecule has 1 aliphatic rings. The standard InChI is InChI=1S/C13H15N3O/c17-13(10-6-2-1-3-7-10)16-12-9-5-4-8-11(12)14-15-16/h4-5,8-10H,1-3,6-7H2. The molecular weight excluding hydrogens is 214 g/mol. The first-order valence-electron chi connectivity index (χ1n) is 6.21. The summed E-state index contributed by atoms with van der Waals surface area (Å²) in [7, 11) is 0. The van der Waals surface area contributed by atoms with Gasteiger partial charge in [0.15, 0.2) is 0 Å². The van der Waals surface area contributed by atoms with Crippen molar-refractivity contribution < 1.29 is 4.79 Å². The van der Waals surface area contributed by atoms with Crippen LogP contribution in [0.1, 0.15) is 36.9 Å². The molecule has 17 heavy (non-hydrogen) atoms. The SMILES string of the molecule is O=C(C1CCCCC1)n1nnc2ccccc21. The van der Waals surface area contributed by atoms with Gasteiger partial charge in [-0.25, -0.2) is 0 Å². The number of nitrogens with zero attached hydrogens (tertiary/aromatic N) is 3. The molecule has 3 rings (SSSR count). The van der Waals surface area contributed by atoms with E-state index in [1.165, 1.54) is 11.1 Å². The predicted octanol–water partition coefficient (Wildman–Crippen LogP) is 2.65. The van der Waals surface area contributed by atoms with Crippen molar-refractivity contribution in [2.75, 3.05) is 0 Å². The minimum absolute atomic E-state index is 0.110. The van der Waals surface area contributed by atoms with Crippen LogP contribution >= 0.6 is 0 Å². The molecule has 0 amide bonds. The zero-order valence-electron chi connectivity index (χ0n) is 9.67. The van der Waals surface area contributed by atoms with Gasteiger partial charge in [0.05, 0.1) is 5.52 Å². The summed E-state index contributed by atoms with van der Waals surface area (Å²) in [5, 5.41) is 8.01. The molecule has 1 aromatic heterocycles. The van der Waals surface area contributed by atoms with Crippen LogP contribution in [0.5, 0.6) is 0 Å². The van der Waals surface area contributed by atoms with E-state index in [1.807, 2.05) is 24.3 Å². The average Bonchev–Trinajstić information content (AvgIpc) is 2.83. The first-order chi connectivity index (χ1) is 8.36. The summed E-state index contributed by atoms with van der Waals surface area (Å²) in [4.78, 5) is 12.3. The Morgan fingerprint density at radius 2 is 1.94 bits per heavy atom. The molecule has 0 atom stereocenters. The van der Waals surface area contributed by atoms with Crippen LogP contribution in [0.15, 0.2) is 24.3 Å². The van der Waals surface area contributed by atoms with Gasteiger partial charge >= 0.3 is 0 Å². The van der Waals surface area contributed by atoms with Gasteiger partial charge in [-0.1, -0.05) is 36.6 Å². The van der Waals surface area contributed by atoms with E-state index >= 15 is 0 Å². The maximum absolute atomic E-state index is 12.3. The molecule has 1 aromatic carbocycles. The highest BCUT2D eigenvalue weighted by atomic mass is 16.2. The number of hydrogen-bond donors (Lipinski definition) is 0. The summed E-state index contributed by atoms with van der Waals surface area (Å²) in [6, 6.07) is 7.60. The van der Waals surface area contributed by atoms with Gasteiger partial charge in [-0.3, -0.25) is 4.79 Å². The molecule has 1 aliphatic carbocycles. The molecule has 1 saturated carbocycles. The van der Waals surface area contributed by atoms with Crippen molar-refractivity contribution in [2.45, 2.75) is 32.1 Å². The monoisotopic (exact) mass is 229 g/mol. The molecule has 0 spiro atoms. The first-order valence-corrected chi connectivity index (χ1v) is 6.21. The fraction of sp³-hybridized carbons (Fsp3) is 0.462. The Morgan fingerprint density at radius 3 is 2.76 bits per heavy atom. The number of benzene rings is 1. The topological polar surface area (TPSA) is 47.8 Å². The number of rotatable bonds is 1. The minimum Gasteiger partial charge on any atom is -0.272 e. The van der Waals surface area contributed by atoms with E-state index in [0.29, 0.717) is 0 Å². The second-order valence-electron chi connectivity index (χ2n) is 4.66. The number of carbonyl (C=O) groups is 1. The van der Waals surface area contributed by atoms with Gasteiger partial charge in [0.2, 0.25) is 0 Å². The molecule has 0 N–H and O–H groups in total. The number of hydrogen-bond acceptors (Lipinski definition) is 3. The lowest BCUT2D eigenvalue weighted by Gasteiger charge is -2.19. The predicted molar refractivity (Wildman–Crippen MR) is 64.7 cm³/mol. The van der Waals surface area contributed by atoms with Crippen molar-refractivity contribution in [3.05, 3.63) is 24.3 Å². The average molecular weight is 229 g/mol. The van der Waals surface area contributed by atoms with Gasteiger partial charge in [0.1, 0.15) is 5.52 Å².